The van der Waals surface area contributed by atoms with Gasteiger partial charge in [-0.2, -0.15) is 5.01 Å². The minimum Gasteiger partial charge on any atom is -0.502 e. The number of likely N-dealkylation sites (tertiary alicyclic amines) is 1. The van der Waals surface area contributed by atoms with Gasteiger partial charge in [0.15, 0.2) is 11.5 Å². The molecule has 4 amide bonds. The van der Waals surface area contributed by atoms with E-state index in [0.717, 1.165) is 16.1 Å². The van der Waals surface area contributed by atoms with E-state index in [2.05, 4.69) is 5.43 Å². The number of amides is 4. The molecule has 53 heavy (non-hydrogen) atoms. The Balaban J connectivity index is 1.38. The highest BCUT2D eigenvalue weighted by atomic mass is 16.5. The molecule has 3 fully saturated rings. The molecule has 0 bridgehead atoms. The molecular weight excluding hydrogens is 678 g/mol. The van der Waals surface area contributed by atoms with Crippen molar-refractivity contribution in [2.24, 2.45) is 29.6 Å². The number of carboxylic acid groups (broad SMARTS) is 1. The number of carbonyl (C=O) groups excluding carboxylic acids is 4. The largest absolute Gasteiger partial charge is 0.502 e. The van der Waals surface area contributed by atoms with Gasteiger partial charge in [0.25, 0.3) is 11.8 Å². The van der Waals surface area contributed by atoms with Crippen LogP contribution in [0.2, 0.25) is 0 Å². The number of phenols is 1. The maximum atomic E-state index is 15.2. The maximum absolute atomic E-state index is 15.2. The number of nitrogens with zero attached hydrogens (tertiary/aromatic N) is 2. The number of methoxy groups -OCH3 is 2. The van der Waals surface area contributed by atoms with Crippen molar-refractivity contribution in [2.45, 2.75) is 38.0 Å². The molecule has 2 saturated heterocycles. The van der Waals surface area contributed by atoms with Gasteiger partial charge in [-0.1, -0.05) is 71.8 Å². The quantitative estimate of drug-likeness (QED) is 0.179. The molecule has 12 heteroatoms. The lowest BCUT2D eigenvalue weighted by atomic mass is 9.50. The monoisotopic (exact) mass is 719 g/mol. The summed E-state index contributed by atoms with van der Waals surface area (Å²) in [7, 11) is 2.85. The Bertz CT molecular complexity index is 2020. The van der Waals surface area contributed by atoms with Gasteiger partial charge in [0.05, 0.1) is 43.1 Å². The normalized spacial score (nSPS) is 26.3. The zero-order valence-corrected chi connectivity index (χ0v) is 29.7. The van der Waals surface area contributed by atoms with Gasteiger partial charge in [0.2, 0.25) is 17.6 Å². The smallest absolute Gasteiger partial charge is 0.303 e. The topological polar surface area (TPSA) is 163 Å². The summed E-state index contributed by atoms with van der Waals surface area (Å²) in [5.41, 5.74) is 5.23. The van der Waals surface area contributed by atoms with Gasteiger partial charge in [-0.15, -0.1) is 0 Å². The Morgan fingerprint density at radius 2 is 1.62 bits per heavy atom. The highest BCUT2D eigenvalue weighted by molar-refractivity contribution is 6.13. The Morgan fingerprint density at radius 3 is 2.26 bits per heavy atom. The number of aryl methyl sites for hydroxylation is 1. The van der Waals surface area contributed by atoms with Gasteiger partial charge in [0, 0.05) is 18.9 Å². The van der Waals surface area contributed by atoms with E-state index in [-0.39, 0.29) is 61.3 Å². The fourth-order valence-electron chi connectivity index (χ4n) is 8.88. The molecule has 0 unspecified atom stereocenters. The van der Waals surface area contributed by atoms with Crippen LogP contribution in [0.5, 0.6) is 17.2 Å². The SMILES string of the molecule is COc1cc(C=C[C@H]2C3=CC[C@@H]4C(=O)N(CCCC(=O)O)C(=O)[C@@H]4[C@@H]3C[C@H]3C(=O)N(Nc4ccc(C)cc4)C(=O)[C@@]23c2ccccc2)cc(OC)c1O. The van der Waals surface area contributed by atoms with E-state index in [9.17, 15) is 29.4 Å². The molecule has 2 heterocycles. The lowest BCUT2D eigenvalue weighted by molar-refractivity contribution is -0.142. The number of fused-ring (bicyclic) bond motifs is 4. The number of rotatable bonds is 11. The predicted molar refractivity (Wildman–Crippen MR) is 193 cm³/mol. The first-order valence-corrected chi connectivity index (χ1v) is 17.7. The molecule has 2 aliphatic heterocycles. The second kappa shape index (κ2) is 13.9. The Morgan fingerprint density at radius 1 is 0.943 bits per heavy atom. The van der Waals surface area contributed by atoms with Crippen molar-refractivity contribution in [1.29, 1.82) is 0 Å². The van der Waals surface area contributed by atoms with Crippen molar-refractivity contribution in [3.05, 3.63) is 101 Å². The minimum atomic E-state index is -1.43. The van der Waals surface area contributed by atoms with E-state index in [1.807, 2.05) is 61.5 Å². The molecule has 4 aliphatic rings. The van der Waals surface area contributed by atoms with Gasteiger partial charge in [-0.25, -0.2) is 0 Å². The van der Waals surface area contributed by atoms with Crippen LogP contribution in [0.25, 0.3) is 6.08 Å². The molecule has 0 aromatic heterocycles. The van der Waals surface area contributed by atoms with Crippen molar-refractivity contribution in [3.63, 3.8) is 0 Å². The third-order valence-electron chi connectivity index (χ3n) is 11.3. The highest BCUT2D eigenvalue weighted by Crippen LogP contribution is 2.61. The number of aromatic hydroxyl groups is 1. The average Bonchev–Trinajstić information content (AvgIpc) is 3.53. The van der Waals surface area contributed by atoms with Gasteiger partial charge >= 0.3 is 5.97 Å². The minimum absolute atomic E-state index is 0.00405. The van der Waals surface area contributed by atoms with Gasteiger partial charge in [-0.05, 0) is 67.5 Å². The van der Waals surface area contributed by atoms with E-state index < -0.39 is 52.8 Å². The standard InChI is InChI=1S/C41H41N3O9/c1-23-11-14-26(15-12-23)42-44-38(49)31-22-29-27(16-17-28-35(29)39(50)43(37(28)48)19-7-10-34(45)46)30(41(31,40(44)51)25-8-5-4-6-9-25)18-13-24-20-32(52-2)36(47)33(21-24)53-3/h4-6,8-9,11-16,18,20-21,28-31,35,42,47H,7,10,17,19,22H2,1-3H3,(H,45,46)/t28-,29+,30-,31-,35-,41-/m0/s1. The number of carbonyl (C=O) groups is 5. The van der Waals surface area contributed by atoms with Crippen molar-refractivity contribution < 1.29 is 43.7 Å². The van der Waals surface area contributed by atoms with Crippen LogP contribution >= 0.6 is 0 Å². The van der Waals surface area contributed by atoms with E-state index in [1.54, 1.807) is 30.3 Å². The van der Waals surface area contributed by atoms with Crippen molar-refractivity contribution >= 4 is 41.4 Å². The molecule has 6 atom stereocenters. The third-order valence-corrected chi connectivity index (χ3v) is 11.3. The molecule has 0 radical (unpaired) electrons. The molecule has 12 nitrogen and oxygen atoms in total. The fraction of sp³-hybridized carbons (Fsp3) is 0.341. The molecular formula is C41H41N3O9. The van der Waals surface area contributed by atoms with Crippen LogP contribution in [0, 0.1) is 36.5 Å². The fourth-order valence-corrected chi connectivity index (χ4v) is 8.88. The lowest BCUT2D eigenvalue weighted by Crippen LogP contribution is -2.54. The van der Waals surface area contributed by atoms with E-state index in [1.165, 1.54) is 19.1 Å². The van der Waals surface area contributed by atoms with Crippen molar-refractivity contribution in [1.82, 2.24) is 9.91 Å². The molecule has 1 saturated carbocycles. The lowest BCUT2D eigenvalue weighted by Gasteiger charge is -2.49. The molecule has 7 rings (SSSR count). The van der Waals surface area contributed by atoms with Crippen molar-refractivity contribution in [2.75, 3.05) is 26.2 Å². The number of ether oxygens (including phenoxy) is 2. The summed E-state index contributed by atoms with van der Waals surface area (Å²) in [6.45, 7) is 1.94. The number of hydrogen-bond donors (Lipinski definition) is 3. The summed E-state index contributed by atoms with van der Waals surface area (Å²) < 4.78 is 10.8. The highest BCUT2D eigenvalue weighted by Gasteiger charge is 2.69. The number of hydrogen-bond acceptors (Lipinski definition) is 9. The second-order valence-electron chi connectivity index (χ2n) is 14.1. The Labute approximate surface area is 306 Å². The van der Waals surface area contributed by atoms with E-state index in [4.69, 9.17) is 9.47 Å². The summed E-state index contributed by atoms with van der Waals surface area (Å²) in [5, 5.41) is 20.9. The number of anilines is 1. The molecule has 3 aromatic rings. The molecule has 3 aromatic carbocycles. The summed E-state index contributed by atoms with van der Waals surface area (Å²) in [6, 6.07) is 19.8. The first-order chi connectivity index (χ1) is 25.5. The number of nitrogens with one attached hydrogen (secondary N) is 1. The van der Waals surface area contributed by atoms with Gasteiger partial charge < -0.3 is 19.7 Å². The number of carboxylic acids is 1. The average molecular weight is 720 g/mol. The summed E-state index contributed by atoms with van der Waals surface area (Å²) in [4.78, 5) is 70.2. The van der Waals surface area contributed by atoms with E-state index in [0.29, 0.717) is 16.8 Å². The predicted octanol–water partition coefficient (Wildman–Crippen LogP) is 5.11. The molecule has 3 N–H and O–H groups in total. The van der Waals surface area contributed by atoms with Crippen LogP contribution < -0.4 is 14.9 Å². The summed E-state index contributed by atoms with van der Waals surface area (Å²) >= 11 is 0. The van der Waals surface area contributed by atoms with Gasteiger partial charge in [0.1, 0.15) is 0 Å². The summed E-state index contributed by atoms with van der Waals surface area (Å²) in [6.07, 6.45) is 5.97. The first-order valence-electron chi connectivity index (χ1n) is 17.7. The Hall–Kier alpha value is -5.91. The number of benzene rings is 3. The Kier molecular flexibility index (Phi) is 9.31. The number of aliphatic carboxylic acids is 1. The number of phenolic OH excluding ortho intramolecular Hbond substituents is 1. The van der Waals surface area contributed by atoms with E-state index >= 15 is 4.79 Å². The zero-order valence-electron chi connectivity index (χ0n) is 29.7. The van der Waals surface area contributed by atoms with Crippen LogP contribution in [-0.4, -0.2) is 70.5 Å². The molecule has 0 spiro atoms. The number of hydrazine groups is 1. The van der Waals surface area contributed by atoms with Gasteiger partial charge in [-0.3, -0.25) is 34.3 Å². The number of imide groups is 2. The van der Waals surface area contributed by atoms with Crippen molar-refractivity contribution in [3.8, 4) is 17.2 Å². The van der Waals surface area contributed by atoms with Crippen LogP contribution in [-0.2, 0) is 29.4 Å². The first kappa shape index (κ1) is 35.5. The zero-order chi connectivity index (χ0) is 37.6. The van der Waals surface area contributed by atoms with Crippen LogP contribution in [0.4, 0.5) is 5.69 Å². The van der Waals surface area contributed by atoms with Crippen LogP contribution in [0.1, 0.15) is 42.4 Å². The molecule has 274 valence electrons. The second-order valence-corrected chi connectivity index (χ2v) is 14.1. The van der Waals surface area contributed by atoms with Crippen LogP contribution in [0.3, 0.4) is 0 Å². The third kappa shape index (κ3) is 5.82. The maximum Gasteiger partial charge on any atom is 0.303 e. The van der Waals surface area contributed by atoms with Crippen LogP contribution in [0.15, 0.2) is 84.5 Å². The number of allylic oxidation sites excluding steroid dienone is 3. The molecule has 2 aliphatic carbocycles. The summed E-state index contributed by atoms with van der Waals surface area (Å²) in [5.74, 6) is -6.07.